The van der Waals surface area contributed by atoms with Crippen molar-refractivity contribution >= 4 is 0 Å². The van der Waals surface area contributed by atoms with Crippen LogP contribution in [0, 0.1) is 47.4 Å². The van der Waals surface area contributed by atoms with Gasteiger partial charge in [-0.2, -0.15) is 0 Å². The van der Waals surface area contributed by atoms with Crippen molar-refractivity contribution < 1.29 is 0 Å². The van der Waals surface area contributed by atoms with E-state index in [0.717, 1.165) is 33.4 Å². The molecule has 0 atom stereocenters. The van der Waals surface area contributed by atoms with E-state index in [1.54, 1.807) is 12.2 Å². The summed E-state index contributed by atoms with van der Waals surface area (Å²) in [6.07, 6.45) is 3.54. The Labute approximate surface area is 252 Å². The number of hydrogen-bond donors (Lipinski definition) is 0. The van der Waals surface area contributed by atoms with Crippen LogP contribution in [0.1, 0.15) is 86.1 Å². The highest BCUT2D eigenvalue weighted by molar-refractivity contribution is 5.49. The fourth-order valence-corrected chi connectivity index (χ4v) is 4.00. The lowest BCUT2D eigenvalue weighted by molar-refractivity contribution is 0.590. The van der Waals surface area contributed by atoms with E-state index in [2.05, 4.69) is 137 Å². The zero-order valence-corrected chi connectivity index (χ0v) is 25.4. The third-order valence-electron chi connectivity index (χ3n) is 6.66. The number of allylic oxidation sites excluding steroid dienone is 2. The molecule has 42 heavy (non-hydrogen) atoms. The van der Waals surface area contributed by atoms with E-state index in [0.29, 0.717) is 0 Å². The minimum Gasteiger partial charge on any atom is -0.0689 e. The lowest BCUT2D eigenvalue weighted by atomic mass is 9.87. The average Bonchev–Trinajstić information content (AvgIpc) is 2.97. The maximum absolute atomic E-state index is 3.24. The van der Waals surface area contributed by atoms with E-state index in [1.807, 2.05) is 48.5 Å². The smallest absolute Gasteiger partial charge is 0.0249 e. The summed E-state index contributed by atoms with van der Waals surface area (Å²) in [5, 5.41) is 0. The molecule has 204 valence electrons. The standard InChI is InChI=1S/C42H36/c1-41(2,3)39-29-25-37(26-30-39)23-21-35-17-13-33(14-18-35)11-9-7-8-10-12-34-15-19-36(20-16-34)22-24-38-27-31-40(32-28-38)42(4,5)6/h7-8,13-20,25-32H,1-6H3/b8-7-. The Balaban J connectivity index is 1.28. The molecule has 0 unspecified atom stereocenters. The van der Waals surface area contributed by atoms with Gasteiger partial charge in [0.1, 0.15) is 0 Å². The van der Waals surface area contributed by atoms with E-state index in [-0.39, 0.29) is 10.8 Å². The molecule has 0 radical (unpaired) electrons. The second-order valence-electron chi connectivity index (χ2n) is 12.2. The lowest BCUT2D eigenvalue weighted by Crippen LogP contribution is -2.10. The Bertz CT molecular complexity index is 1640. The highest BCUT2D eigenvalue weighted by Crippen LogP contribution is 2.23. The first kappa shape index (κ1) is 29.8. The van der Waals surface area contributed by atoms with Gasteiger partial charge in [0.25, 0.3) is 0 Å². The van der Waals surface area contributed by atoms with E-state index >= 15 is 0 Å². The van der Waals surface area contributed by atoms with Crippen LogP contribution in [0.2, 0.25) is 0 Å². The lowest BCUT2D eigenvalue weighted by Gasteiger charge is -2.18. The molecular weight excluding hydrogens is 504 g/mol. The van der Waals surface area contributed by atoms with Gasteiger partial charge in [-0.3, -0.25) is 0 Å². The molecule has 0 heterocycles. The minimum atomic E-state index is 0.146. The molecule has 0 amide bonds. The van der Waals surface area contributed by atoms with Gasteiger partial charge in [0.05, 0.1) is 0 Å². The average molecular weight is 541 g/mol. The highest BCUT2D eigenvalue weighted by Gasteiger charge is 2.13. The van der Waals surface area contributed by atoms with Crippen LogP contribution in [0.4, 0.5) is 0 Å². The van der Waals surface area contributed by atoms with Crippen LogP contribution in [0.5, 0.6) is 0 Å². The first-order valence-corrected chi connectivity index (χ1v) is 14.2. The van der Waals surface area contributed by atoms with E-state index in [1.165, 1.54) is 11.1 Å². The second-order valence-corrected chi connectivity index (χ2v) is 12.2. The molecule has 0 aromatic heterocycles. The van der Waals surface area contributed by atoms with Crippen molar-refractivity contribution in [1.29, 1.82) is 0 Å². The maximum atomic E-state index is 3.24. The van der Waals surface area contributed by atoms with Crippen LogP contribution in [-0.2, 0) is 10.8 Å². The highest BCUT2D eigenvalue weighted by atomic mass is 14.2. The molecule has 0 heteroatoms. The second kappa shape index (κ2) is 13.5. The van der Waals surface area contributed by atoms with E-state index in [4.69, 9.17) is 0 Å². The van der Waals surface area contributed by atoms with E-state index in [9.17, 15) is 0 Å². The number of hydrogen-bond acceptors (Lipinski definition) is 0. The Morgan fingerprint density at radius 3 is 0.786 bits per heavy atom. The quantitative estimate of drug-likeness (QED) is 0.195. The fourth-order valence-electron chi connectivity index (χ4n) is 4.00. The van der Waals surface area contributed by atoms with E-state index < -0.39 is 0 Å². The Morgan fingerprint density at radius 1 is 0.333 bits per heavy atom. The largest absolute Gasteiger partial charge is 0.0689 e. The molecule has 4 rings (SSSR count). The molecule has 0 nitrogen and oxygen atoms in total. The molecule has 0 N–H and O–H groups in total. The Kier molecular flexibility index (Phi) is 9.57. The van der Waals surface area contributed by atoms with Crippen LogP contribution in [-0.4, -0.2) is 0 Å². The first-order valence-electron chi connectivity index (χ1n) is 14.2. The van der Waals surface area contributed by atoms with Crippen molar-refractivity contribution in [3.05, 3.63) is 154 Å². The molecule has 0 aliphatic carbocycles. The minimum absolute atomic E-state index is 0.146. The summed E-state index contributed by atoms with van der Waals surface area (Å²) < 4.78 is 0. The van der Waals surface area contributed by atoms with Crippen molar-refractivity contribution in [3.63, 3.8) is 0 Å². The Hall–Kier alpha value is -5.14. The van der Waals surface area contributed by atoms with Gasteiger partial charge in [-0.05, 0) is 107 Å². The number of benzene rings is 4. The van der Waals surface area contributed by atoms with Gasteiger partial charge in [-0.15, -0.1) is 0 Å². The number of rotatable bonds is 0. The molecule has 0 fully saturated rings. The predicted octanol–water partition coefficient (Wildman–Crippen LogP) is 9.04. The van der Waals surface area contributed by atoms with Crippen molar-refractivity contribution in [2.45, 2.75) is 52.4 Å². The topological polar surface area (TPSA) is 0 Å². The van der Waals surface area contributed by atoms with Crippen molar-refractivity contribution in [3.8, 4) is 47.4 Å². The van der Waals surface area contributed by atoms with Gasteiger partial charge in [0, 0.05) is 33.4 Å². The Morgan fingerprint density at radius 2 is 0.548 bits per heavy atom. The molecule has 0 aliphatic rings. The molecule has 4 aromatic rings. The summed E-state index contributed by atoms with van der Waals surface area (Å²) in [6, 6.07) is 32.9. The monoisotopic (exact) mass is 540 g/mol. The third kappa shape index (κ3) is 9.21. The third-order valence-corrected chi connectivity index (χ3v) is 6.66. The zero-order valence-electron chi connectivity index (χ0n) is 25.4. The van der Waals surface area contributed by atoms with Gasteiger partial charge in [-0.25, -0.2) is 0 Å². The summed E-state index contributed by atoms with van der Waals surface area (Å²) in [5.74, 6) is 25.3. The summed E-state index contributed by atoms with van der Waals surface area (Å²) in [5.41, 5.74) is 8.75. The molecule has 0 aliphatic heterocycles. The van der Waals surface area contributed by atoms with Crippen molar-refractivity contribution in [1.82, 2.24) is 0 Å². The van der Waals surface area contributed by atoms with Crippen LogP contribution in [0.25, 0.3) is 0 Å². The first-order chi connectivity index (χ1) is 20.1. The zero-order chi connectivity index (χ0) is 30.0. The predicted molar refractivity (Wildman–Crippen MR) is 178 cm³/mol. The van der Waals surface area contributed by atoms with Gasteiger partial charge in [0.15, 0.2) is 0 Å². The molecule has 0 saturated heterocycles. The summed E-state index contributed by atoms with van der Waals surface area (Å²) in [4.78, 5) is 0. The fraction of sp³-hybridized carbons (Fsp3) is 0.190. The normalized spacial score (nSPS) is 10.7. The van der Waals surface area contributed by atoms with Crippen LogP contribution in [0.3, 0.4) is 0 Å². The molecule has 0 spiro atoms. The SMILES string of the molecule is CC(C)(C)c1ccc(C#Cc2ccc(C#C/C=C\C#Cc3ccc(C#Cc4ccc(C(C)(C)C)cc4)cc3)cc2)cc1. The summed E-state index contributed by atoms with van der Waals surface area (Å²) in [6.45, 7) is 13.3. The summed E-state index contributed by atoms with van der Waals surface area (Å²) in [7, 11) is 0. The van der Waals surface area contributed by atoms with Crippen molar-refractivity contribution in [2.24, 2.45) is 0 Å². The molecule has 0 saturated carbocycles. The molecular formula is C42H36. The van der Waals surface area contributed by atoms with Crippen LogP contribution < -0.4 is 0 Å². The van der Waals surface area contributed by atoms with Gasteiger partial charge >= 0.3 is 0 Å². The van der Waals surface area contributed by atoms with Gasteiger partial charge in [-0.1, -0.05) is 113 Å². The van der Waals surface area contributed by atoms with Crippen LogP contribution in [0.15, 0.2) is 109 Å². The molecule has 0 bridgehead atoms. The van der Waals surface area contributed by atoms with Gasteiger partial charge < -0.3 is 0 Å². The molecule has 4 aromatic carbocycles. The van der Waals surface area contributed by atoms with Crippen molar-refractivity contribution in [2.75, 3.05) is 0 Å². The maximum Gasteiger partial charge on any atom is 0.0249 e. The van der Waals surface area contributed by atoms with Gasteiger partial charge in [0.2, 0.25) is 0 Å². The van der Waals surface area contributed by atoms with Crippen LogP contribution >= 0.6 is 0 Å². The summed E-state index contributed by atoms with van der Waals surface area (Å²) >= 11 is 0.